The van der Waals surface area contributed by atoms with E-state index in [2.05, 4.69) is 23.9 Å². The van der Waals surface area contributed by atoms with E-state index in [1.165, 1.54) is 12.8 Å². The van der Waals surface area contributed by atoms with E-state index in [1.54, 1.807) is 0 Å². The standard InChI is InChI=1S/C10H20N2O/c1-11(2)5-6-12-7-9(13)10(8-12)3-4-10/h9,13H,3-8H2,1-2H3. The van der Waals surface area contributed by atoms with Crippen molar-refractivity contribution in [2.45, 2.75) is 18.9 Å². The van der Waals surface area contributed by atoms with Crippen LogP contribution in [0.25, 0.3) is 0 Å². The molecule has 1 spiro atoms. The highest BCUT2D eigenvalue weighted by atomic mass is 16.3. The first-order valence-electron chi connectivity index (χ1n) is 5.18. The smallest absolute Gasteiger partial charge is 0.0735 e. The van der Waals surface area contributed by atoms with Gasteiger partial charge in [0.15, 0.2) is 0 Å². The molecule has 1 aliphatic carbocycles. The zero-order valence-corrected chi connectivity index (χ0v) is 8.66. The van der Waals surface area contributed by atoms with Crippen LogP contribution < -0.4 is 0 Å². The van der Waals surface area contributed by atoms with Crippen molar-refractivity contribution in [3.05, 3.63) is 0 Å². The molecule has 0 bridgehead atoms. The van der Waals surface area contributed by atoms with E-state index in [-0.39, 0.29) is 6.10 Å². The summed E-state index contributed by atoms with van der Waals surface area (Å²) in [6, 6.07) is 0. The Labute approximate surface area is 80.3 Å². The molecule has 1 atom stereocenters. The van der Waals surface area contributed by atoms with Crippen LogP contribution in [0.4, 0.5) is 0 Å². The third-order valence-electron chi connectivity index (χ3n) is 3.43. The van der Waals surface area contributed by atoms with Crippen molar-refractivity contribution in [2.24, 2.45) is 5.41 Å². The lowest BCUT2D eigenvalue weighted by atomic mass is 10.0. The zero-order valence-electron chi connectivity index (χ0n) is 8.66. The van der Waals surface area contributed by atoms with Gasteiger partial charge in [0.25, 0.3) is 0 Å². The number of aliphatic hydroxyl groups is 1. The first-order chi connectivity index (χ1) is 6.12. The SMILES string of the molecule is CN(C)CCN1CC(O)C2(CC2)C1. The van der Waals surface area contributed by atoms with Gasteiger partial charge in [-0.25, -0.2) is 0 Å². The van der Waals surface area contributed by atoms with Gasteiger partial charge in [0.05, 0.1) is 6.10 Å². The van der Waals surface area contributed by atoms with E-state index in [0.717, 1.165) is 26.2 Å². The Kier molecular flexibility index (Phi) is 2.34. The topological polar surface area (TPSA) is 26.7 Å². The van der Waals surface area contributed by atoms with Crippen LogP contribution in [-0.4, -0.2) is 61.3 Å². The molecule has 0 aromatic carbocycles. The van der Waals surface area contributed by atoms with Gasteiger partial charge >= 0.3 is 0 Å². The fourth-order valence-electron chi connectivity index (χ4n) is 2.22. The molecule has 0 aromatic heterocycles. The van der Waals surface area contributed by atoms with Crippen molar-refractivity contribution in [1.29, 1.82) is 0 Å². The predicted octanol–water partition coefficient (Wildman–Crippen LogP) is 0.00470. The normalized spacial score (nSPS) is 31.8. The van der Waals surface area contributed by atoms with Crippen LogP contribution in [0.3, 0.4) is 0 Å². The van der Waals surface area contributed by atoms with E-state index >= 15 is 0 Å². The maximum Gasteiger partial charge on any atom is 0.0735 e. The number of hydrogen-bond acceptors (Lipinski definition) is 3. The lowest BCUT2D eigenvalue weighted by Crippen LogP contribution is -2.30. The monoisotopic (exact) mass is 184 g/mol. The van der Waals surface area contributed by atoms with Gasteiger partial charge < -0.3 is 10.0 Å². The molecule has 2 aliphatic rings. The molecule has 1 aliphatic heterocycles. The third-order valence-corrected chi connectivity index (χ3v) is 3.43. The molecule has 0 aromatic rings. The number of likely N-dealkylation sites (N-methyl/N-ethyl adjacent to an activating group) is 1. The van der Waals surface area contributed by atoms with Gasteiger partial charge in [-0.05, 0) is 26.9 Å². The summed E-state index contributed by atoms with van der Waals surface area (Å²) in [5.74, 6) is 0. The first-order valence-corrected chi connectivity index (χ1v) is 5.18. The zero-order chi connectivity index (χ0) is 9.47. The largest absolute Gasteiger partial charge is 0.391 e. The minimum Gasteiger partial charge on any atom is -0.391 e. The summed E-state index contributed by atoms with van der Waals surface area (Å²) in [6.07, 6.45) is 2.44. The van der Waals surface area contributed by atoms with Crippen molar-refractivity contribution < 1.29 is 5.11 Å². The van der Waals surface area contributed by atoms with Gasteiger partial charge in [-0.3, -0.25) is 4.90 Å². The van der Waals surface area contributed by atoms with Crippen molar-refractivity contribution in [1.82, 2.24) is 9.80 Å². The molecule has 1 N–H and O–H groups in total. The molecular formula is C10H20N2O. The van der Waals surface area contributed by atoms with Gasteiger partial charge in [0, 0.05) is 31.6 Å². The van der Waals surface area contributed by atoms with Gasteiger partial charge in [-0.1, -0.05) is 0 Å². The Bertz CT molecular complexity index is 189. The number of aliphatic hydroxyl groups excluding tert-OH is 1. The van der Waals surface area contributed by atoms with Crippen LogP contribution in [-0.2, 0) is 0 Å². The molecule has 0 radical (unpaired) electrons. The highest BCUT2D eigenvalue weighted by Crippen LogP contribution is 2.52. The number of β-amino-alcohol motifs (C(OH)–C–C–N with tert-alkyl or cyclic N) is 1. The van der Waals surface area contributed by atoms with Crippen LogP contribution >= 0.6 is 0 Å². The Morgan fingerprint density at radius 2 is 2.15 bits per heavy atom. The summed E-state index contributed by atoms with van der Waals surface area (Å²) in [5.41, 5.74) is 0.326. The second-order valence-electron chi connectivity index (χ2n) is 4.92. The molecule has 3 heteroatoms. The maximum absolute atomic E-state index is 9.80. The van der Waals surface area contributed by atoms with Crippen LogP contribution in [0.15, 0.2) is 0 Å². The van der Waals surface area contributed by atoms with Gasteiger partial charge in [-0.2, -0.15) is 0 Å². The van der Waals surface area contributed by atoms with Crippen molar-refractivity contribution in [2.75, 3.05) is 40.3 Å². The Morgan fingerprint density at radius 3 is 2.62 bits per heavy atom. The molecule has 1 heterocycles. The van der Waals surface area contributed by atoms with Crippen LogP contribution in [0.5, 0.6) is 0 Å². The summed E-state index contributed by atoms with van der Waals surface area (Å²) in [6.45, 7) is 4.23. The van der Waals surface area contributed by atoms with E-state index < -0.39 is 0 Å². The summed E-state index contributed by atoms with van der Waals surface area (Å²) < 4.78 is 0. The quantitative estimate of drug-likeness (QED) is 0.669. The van der Waals surface area contributed by atoms with Crippen LogP contribution in [0, 0.1) is 5.41 Å². The number of likely N-dealkylation sites (tertiary alicyclic amines) is 1. The summed E-state index contributed by atoms with van der Waals surface area (Å²) >= 11 is 0. The molecule has 1 unspecified atom stereocenters. The number of rotatable bonds is 3. The van der Waals surface area contributed by atoms with E-state index in [1.807, 2.05) is 0 Å². The fourth-order valence-corrected chi connectivity index (χ4v) is 2.22. The molecule has 0 amide bonds. The first kappa shape index (κ1) is 9.44. The van der Waals surface area contributed by atoms with Gasteiger partial charge in [0.1, 0.15) is 0 Å². The summed E-state index contributed by atoms with van der Waals surface area (Å²) in [7, 11) is 4.19. The van der Waals surface area contributed by atoms with Gasteiger partial charge in [-0.15, -0.1) is 0 Å². The molecule has 1 saturated carbocycles. The van der Waals surface area contributed by atoms with Gasteiger partial charge in [0.2, 0.25) is 0 Å². The molecule has 2 rings (SSSR count). The minimum absolute atomic E-state index is 0.0466. The van der Waals surface area contributed by atoms with Crippen LogP contribution in [0.2, 0.25) is 0 Å². The fraction of sp³-hybridized carbons (Fsp3) is 1.00. The average Bonchev–Trinajstić information content (AvgIpc) is 2.73. The maximum atomic E-state index is 9.80. The average molecular weight is 184 g/mol. The highest BCUT2D eigenvalue weighted by molar-refractivity contribution is 5.06. The lowest BCUT2D eigenvalue weighted by Gasteiger charge is -2.18. The molecule has 13 heavy (non-hydrogen) atoms. The van der Waals surface area contributed by atoms with E-state index in [0.29, 0.717) is 5.41 Å². The summed E-state index contributed by atoms with van der Waals surface area (Å²) in [5, 5.41) is 9.80. The number of nitrogens with zero attached hydrogens (tertiary/aromatic N) is 2. The molecule has 2 fully saturated rings. The Hall–Kier alpha value is -0.120. The lowest BCUT2D eigenvalue weighted by molar-refractivity contribution is 0.131. The van der Waals surface area contributed by atoms with E-state index in [4.69, 9.17) is 0 Å². The second-order valence-corrected chi connectivity index (χ2v) is 4.92. The van der Waals surface area contributed by atoms with Crippen molar-refractivity contribution >= 4 is 0 Å². The second kappa shape index (κ2) is 3.23. The molecule has 3 nitrogen and oxygen atoms in total. The molecular weight excluding hydrogens is 164 g/mol. The third kappa shape index (κ3) is 1.87. The summed E-state index contributed by atoms with van der Waals surface area (Å²) in [4.78, 5) is 4.60. The van der Waals surface area contributed by atoms with Crippen molar-refractivity contribution in [3.8, 4) is 0 Å². The highest BCUT2D eigenvalue weighted by Gasteiger charge is 2.54. The molecule has 1 saturated heterocycles. The van der Waals surface area contributed by atoms with Crippen LogP contribution in [0.1, 0.15) is 12.8 Å². The van der Waals surface area contributed by atoms with E-state index in [9.17, 15) is 5.11 Å². The number of hydrogen-bond donors (Lipinski definition) is 1. The Balaban J connectivity index is 1.78. The Morgan fingerprint density at radius 1 is 1.46 bits per heavy atom. The van der Waals surface area contributed by atoms with Crippen molar-refractivity contribution in [3.63, 3.8) is 0 Å². The minimum atomic E-state index is -0.0466. The predicted molar refractivity (Wildman–Crippen MR) is 52.7 cm³/mol. The molecule has 76 valence electrons.